The molecule has 0 saturated carbocycles. The van der Waals surface area contributed by atoms with Gasteiger partial charge in [0.25, 0.3) is 5.91 Å². The first kappa shape index (κ1) is 14.0. The molecule has 0 radical (unpaired) electrons. The Bertz CT molecular complexity index is 412. The highest BCUT2D eigenvalue weighted by molar-refractivity contribution is 9.10. The molecule has 0 aliphatic carbocycles. The van der Waals surface area contributed by atoms with Crippen molar-refractivity contribution < 1.29 is 14.6 Å². The number of benzene rings is 1. The number of aliphatic hydroxyl groups is 1. The second-order valence-electron chi connectivity index (χ2n) is 3.46. The highest BCUT2D eigenvalue weighted by atomic mass is 79.9. The molecule has 5 nitrogen and oxygen atoms in total. The van der Waals surface area contributed by atoms with Gasteiger partial charge in [-0.1, -0.05) is 15.9 Å². The fraction of sp³-hybridized carbons (Fsp3) is 0.364. The molecule has 0 aromatic heterocycles. The van der Waals surface area contributed by atoms with Crippen LogP contribution in [-0.4, -0.2) is 37.8 Å². The number of nitrogens with zero attached hydrogens (tertiary/aromatic N) is 1. The lowest BCUT2D eigenvalue weighted by Crippen LogP contribution is -2.40. The van der Waals surface area contributed by atoms with Crippen LogP contribution in [0.15, 0.2) is 22.7 Å². The first-order valence-corrected chi connectivity index (χ1v) is 5.79. The van der Waals surface area contributed by atoms with Gasteiger partial charge in [0.1, 0.15) is 11.9 Å². The topological polar surface area (TPSA) is 75.8 Å². The van der Waals surface area contributed by atoms with Crippen molar-refractivity contribution in [3.05, 3.63) is 22.7 Å². The maximum Gasteiger partial charge on any atom is 0.256 e. The van der Waals surface area contributed by atoms with Crippen molar-refractivity contribution in [1.82, 2.24) is 0 Å². The molecular weight excluding hydrogens is 288 g/mol. The lowest BCUT2D eigenvalue weighted by molar-refractivity contribution is -0.125. The Morgan fingerprint density at radius 2 is 2.29 bits per heavy atom. The number of nitrogens with two attached hydrogens (primary N) is 1. The average Bonchev–Trinajstić information content (AvgIpc) is 2.35. The summed E-state index contributed by atoms with van der Waals surface area (Å²) in [5, 5.41) is 9.42. The van der Waals surface area contributed by atoms with Crippen LogP contribution in [-0.2, 0) is 4.79 Å². The summed E-state index contributed by atoms with van der Waals surface area (Å²) in [4.78, 5) is 13.1. The van der Waals surface area contributed by atoms with Crippen LogP contribution < -0.4 is 15.4 Å². The quantitative estimate of drug-likeness (QED) is 0.860. The van der Waals surface area contributed by atoms with E-state index in [1.54, 1.807) is 25.2 Å². The van der Waals surface area contributed by atoms with E-state index in [0.717, 1.165) is 4.47 Å². The standard InChI is InChI=1S/C11H15BrN2O3/c1-14(11(16)9(15)6-13)8-5-7(12)3-4-10(8)17-2/h3-5,9,15H,6,13H2,1-2H3. The van der Waals surface area contributed by atoms with Crippen LogP contribution in [0.1, 0.15) is 0 Å². The van der Waals surface area contributed by atoms with Gasteiger partial charge in [-0.15, -0.1) is 0 Å². The molecule has 17 heavy (non-hydrogen) atoms. The summed E-state index contributed by atoms with van der Waals surface area (Å²) in [6.45, 7) is -0.112. The van der Waals surface area contributed by atoms with Gasteiger partial charge in [0.05, 0.1) is 12.8 Å². The van der Waals surface area contributed by atoms with Gasteiger partial charge in [-0.25, -0.2) is 0 Å². The van der Waals surface area contributed by atoms with Gasteiger partial charge in [-0.2, -0.15) is 0 Å². The number of carbonyl (C=O) groups excluding carboxylic acids is 1. The van der Waals surface area contributed by atoms with E-state index in [-0.39, 0.29) is 6.54 Å². The number of methoxy groups -OCH3 is 1. The van der Waals surface area contributed by atoms with Crippen LogP contribution in [0.25, 0.3) is 0 Å². The Morgan fingerprint density at radius 3 is 2.82 bits per heavy atom. The maximum absolute atomic E-state index is 11.8. The van der Waals surface area contributed by atoms with Crippen molar-refractivity contribution in [2.45, 2.75) is 6.10 Å². The number of aliphatic hydroxyl groups excluding tert-OH is 1. The average molecular weight is 303 g/mol. The normalized spacial score (nSPS) is 12.1. The molecule has 1 aromatic carbocycles. The van der Waals surface area contributed by atoms with Crippen LogP contribution >= 0.6 is 15.9 Å². The summed E-state index contributed by atoms with van der Waals surface area (Å²) >= 11 is 3.32. The molecule has 0 bridgehead atoms. The van der Waals surface area contributed by atoms with E-state index >= 15 is 0 Å². The number of carbonyl (C=O) groups is 1. The maximum atomic E-state index is 11.8. The van der Waals surface area contributed by atoms with Crippen molar-refractivity contribution in [2.24, 2.45) is 5.73 Å². The smallest absolute Gasteiger partial charge is 0.256 e. The minimum atomic E-state index is -1.20. The third-order valence-corrected chi connectivity index (χ3v) is 2.83. The molecular formula is C11H15BrN2O3. The predicted molar refractivity (Wildman–Crippen MR) is 69.2 cm³/mol. The van der Waals surface area contributed by atoms with Gasteiger partial charge in [-0.05, 0) is 18.2 Å². The van der Waals surface area contributed by atoms with E-state index in [9.17, 15) is 9.90 Å². The van der Waals surface area contributed by atoms with Crippen molar-refractivity contribution in [2.75, 3.05) is 25.6 Å². The van der Waals surface area contributed by atoms with Gasteiger partial charge in [0.2, 0.25) is 0 Å². The number of amides is 1. The lowest BCUT2D eigenvalue weighted by atomic mass is 10.2. The number of hydrogen-bond acceptors (Lipinski definition) is 4. The van der Waals surface area contributed by atoms with Crippen molar-refractivity contribution in [3.63, 3.8) is 0 Å². The predicted octanol–water partition coefficient (Wildman–Crippen LogP) is 0.740. The summed E-state index contributed by atoms with van der Waals surface area (Å²) in [5.41, 5.74) is 5.82. The number of hydrogen-bond donors (Lipinski definition) is 2. The third kappa shape index (κ3) is 3.18. The Kier molecular flexibility index (Phi) is 4.92. The first-order chi connectivity index (χ1) is 8.01. The Labute approximate surface area is 108 Å². The molecule has 94 valence electrons. The van der Waals surface area contributed by atoms with Gasteiger partial charge >= 0.3 is 0 Å². The summed E-state index contributed by atoms with van der Waals surface area (Å²) in [6.07, 6.45) is -1.20. The Morgan fingerprint density at radius 1 is 1.65 bits per heavy atom. The number of anilines is 1. The van der Waals surface area contributed by atoms with E-state index in [0.29, 0.717) is 11.4 Å². The van der Waals surface area contributed by atoms with Gasteiger partial charge < -0.3 is 20.5 Å². The number of rotatable bonds is 4. The summed E-state index contributed by atoms with van der Waals surface area (Å²) in [6, 6.07) is 5.28. The van der Waals surface area contributed by atoms with E-state index < -0.39 is 12.0 Å². The number of halogens is 1. The second kappa shape index (κ2) is 6.00. The molecule has 0 saturated heterocycles. The zero-order valence-corrected chi connectivity index (χ0v) is 11.3. The summed E-state index contributed by atoms with van der Waals surface area (Å²) in [5.74, 6) is 0.0807. The van der Waals surface area contributed by atoms with E-state index in [1.807, 2.05) is 0 Å². The van der Waals surface area contributed by atoms with Crippen LogP contribution in [0.3, 0.4) is 0 Å². The molecule has 6 heteroatoms. The van der Waals surface area contributed by atoms with E-state index in [2.05, 4.69) is 15.9 Å². The first-order valence-electron chi connectivity index (χ1n) is 5.00. The molecule has 1 amide bonds. The minimum Gasteiger partial charge on any atom is -0.495 e. The van der Waals surface area contributed by atoms with Crippen molar-refractivity contribution in [3.8, 4) is 5.75 Å². The highest BCUT2D eigenvalue weighted by Crippen LogP contribution is 2.30. The summed E-state index contributed by atoms with van der Waals surface area (Å²) < 4.78 is 5.97. The molecule has 3 N–H and O–H groups in total. The highest BCUT2D eigenvalue weighted by Gasteiger charge is 2.21. The molecule has 1 atom stereocenters. The lowest BCUT2D eigenvalue weighted by Gasteiger charge is -2.22. The third-order valence-electron chi connectivity index (χ3n) is 2.34. The summed E-state index contributed by atoms with van der Waals surface area (Å²) in [7, 11) is 3.08. The van der Waals surface area contributed by atoms with Crippen molar-refractivity contribution >= 4 is 27.5 Å². The molecule has 1 aromatic rings. The largest absolute Gasteiger partial charge is 0.495 e. The van der Waals surface area contributed by atoms with Gasteiger partial charge in [-0.3, -0.25) is 4.79 Å². The molecule has 0 aliphatic heterocycles. The van der Waals surface area contributed by atoms with Crippen LogP contribution in [0.5, 0.6) is 5.75 Å². The van der Waals surface area contributed by atoms with Gasteiger partial charge in [0.15, 0.2) is 0 Å². The Hall–Kier alpha value is -1.11. The molecule has 0 spiro atoms. The molecule has 0 aliphatic rings. The van der Waals surface area contributed by atoms with Crippen LogP contribution in [0.4, 0.5) is 5.69 Å². The fourth-order valence-electron chi connectivity index (χ4n) is 1.37. The molecule has 0 heterocycles. The van der Waals surface area contributed by atoms with E-state index in [4.69, 9.17) is 10.5 Å². The fourth-order valence-corrected chi connectivity index (χ4v) is 1.72. The minimum absolute atomic E-state index is 0.112. The van der Waals surface area contributed by atoms with Crippen LogP contribution in [0, 0.1) is 0 Å². The monoisotopic (exact) mass is 302 g/mol. The number of likely N-dealkylation sites (N-methyl/N-ethyl adjacent to an activating group) is 1. The zero-order valence-electron chi connectivity index (χ0n) is 9.68. The van der Waals surface area contributed by atoms with Crippen LogP contribution in [0.2, 0.25) is 0 Å². The molecule has 1 unspecified atom stereocenters. The van der Waals surface area contributed by atoms with E-state index in [1.165, 1.54) is 12.0 Å². The molecule has 1 rings (SSSR count). The second-order valence-corrected chi connectivity index (χ2v) is 4.38. The number of ether oxygens (including phenoxy) is 1. The SMILES string of the molecule is COc1ccc(Br)cc1N(C)C(=O)C(O)CN. The van der Waals surface area contributed by atoms with Crippen molar-refractivity contribution in [1.29, 1.82) is 0 Å². The Balaban J connectivity index is 3.06. The molecule has 0 fully saturated rings. The van der Waals surface area contributed by atoms with Gasteiger partial charge in [0, 0.05) is 18.1 Å². The zero-order chi connectivity index (χ0) is 13.0.